The Morgan fingerprint density at radius 3 is 2.26 bits per heavy atom. The largest absolute Gasteiger partial charge is 0.342 e. The van der Waals surface area contributed by atoms with Crippen molar-refractivity contribution in [3.05, 3.63) is 65.7 Å². The highest BCUT2D eigenvalue weighted by Crippen LogP contribution is 2.18. The Kier molecular flexibility index (Phi) is 8.98. The average Bonchev–Trinajstić information content (AvgIpc) is 2.66. The first-order chi connectivity index (χ1) is 12.4. The van der Waals surface area contributed by atoms with Crippen LogP contribution in [-0.2, 0) is 0 Å². The fourth-order valence-electron chi connectivity index (χ4n) is 2.55. The molecule has 0 aromatic heterocycles. The van der Waals surface area contributed by atoms with Gasteiger partial charge in [0.05, 0.1) is 11.3 Å². The minimum atomic E-state index is -0.240. The number of carbonyl (C=O) groups excluding carboxylic acids is 2. The number of hydrogen-bond donors (Lipinski definition) is 2. The number of hydrogen-bond acceptors (Lipinski definition) is 3. The van der Waals surface area contributed by atoms with Crippen molar-refractivity contribution in [3.63, 3.8) is 0 Å². The van der Waals surface area contributed by atoms with Crippen LogP contribution in [0.2, 0.25) is 0 Å². The van der Waals surface area contributed by atoms with Gasteiger partial charge in [-0.15, -0.1) is 12.4 Å². The number of para-hydroxylation sites is 1. The Morgan fingerprint density at radius 1 is 1.04 bits per heavy atom. The maximum Gasteiger partial charge on any atom is 0.255 e. The Morgan fingerprint density at radius 2 is 1.63 bits per heavy atom. The third-order valence-corrected chi connectivity index (χ3v) is 4.44. The van der Waals surface area contributed by atoms with E-state index in [1.807, 2.05) is 6.07 Å². The number of halogens is 1. The van der Waals surface area contributed by atoms with Crippen LogP contribution in [0.1, 0.15) is 41.0 Å². The van der Waals surface area contributed by atoms with Gasteiger partial charge < -0.3 is 16.0 Å². The number of amides is 2. The van der Waals surface area contributed by atoms with Crippen LogP contribution in [0.25, 0.3) is 0 Å². The maximum absolute atomic E-state index is 12.8. The maximum atomic E-state index is 12.8. The molecule has 146 valence electrons. The third kappa shape index (κ3) is 6.38. The van der Waals surface area contributed by atoms with Gasteiger partial charge in [0, 0.05) is 25.2 Å². The minimum Gasteiger partial charge on any atom is -0.342 e. The van der Waals surface area contributed by atoms with Crippen LogP contribution < -0.4 is 11.1 Å². The first-order valence-corrected chi connectivity index (χ1v) is 8.86. The van der Waals surface area contributed by atoms with Gasteiger partial charge in [0.2, 0.25) is 0 Å². The van der Waals surface area contributed by atoms with Crippen LogP contribution in [0.4, 0.5) is 5.69 Å². The zero-order valence-corrected chi connectivity index (χ0v) is 16.8. The molecule has 0 fully saturated rings. The van der Waals surface area contributed by atoms with E-state index in [0.29, 0.717) is 29.3 Å². The standard InChI is InChI=1S/C21H27N3O2.ClH/c1-15(2)18(22)13-14-24(3)21(26)17-11-7-8-12-19(17)23-20(25)16-9-5-4-6-10-16;/h4-12,15,18H,13-14,22H2,1-3H3,(H,23,25);1H. The number of nitrogens with one attached hydrogen (secondary N) is 1. The van der Waals surface area contributed by atoms with Gasteiger partial charge in [-0.2, -0.15) is 0 Å². The molecule has 2 aromatic carbocycles. The van der Waals surface area contributed by atoms with Crippen molar-refractivity contribution in [2.45, 2.75) is 26.3 Å². The molecule has 0 spiro atoms. The highest BCUT2D eigenvalue weighted by atomic mass is 35.5. The monoisotopic (exact) mass is 389 g/mol. The molecule has 0 aliphatic rings. The van der Waals surface area contributed by atoms with Crippen LogP contribution in [-0.4, -0.2) is 36.3 Å². The quantitative estimate of drug-likeness (QED) is 0.756. The summed E-state index contributed by atoms with van der Waals surface area (Å²) in [6.07, 6.45) is 0.735. The van der Waals surface area contributed by atoms with Gasteiger partial charge in [-0.1, -0.05) is 44.2 Å². The van der Waals surface area contributed by atoms with Crippen molar-refractivity contribution >= 4 is 29.9 Å². The van der Waals surface area contributed by atoms with Gasteiger partial charge in [0.15, 0.2) is 0 Å². The van der Waals surface area contributed by atoms with Crippen LogP contribution in [0, 0.1) is 5.92 Å². The lowest BCUT2D eigenvalue weighted by Crippen LogP contribution is -2.35. The lowest BCUT2D eigenvalue weighted by atomic mass is 10.0. The van der Waals surface area contributed by atoms with Gasteiger partial charge in [-0.05, 0) is 36.6 Å². The molecule has 5 nitrogen and oxygen atoms in total. The summed E-state index contributed by atoms with van der Waals surface area (Å²) in [4.78, 5) is 26.8. The van der Waals surface area contributed by atoms with E-state index in [-0.39, 0.29) is 30.3 Å². The van der Waals surface area contributed by atoms with E-state index in [1.165, 1.54) is 0 Å². The van der Waals surface area contributed by atoms with E-state index in [2.05, 4.69) is 19.2 Å². The van der Waals surface area contributed by atoms with Crippen molar-refractivity contribution in [1.82, 2.24) is 4.90 Å². The molecule has 0 radical (unpaired) electrons. The second kappa shape index (κ2) is 10.7. The van der Waals surface area contributed by atoms with Crippen molar-refractivity contribution < 1.29 is 9.59 Å². The molecule has 1 unspecified atom stereocenters. The topological polar surface area (TPSA) is 75.4 Å². The molecule has 2 aromatic rings. The van der Waals surface area contributed by atoms with Gasteiger partial charge in [0.1, 0.15) is 0 Å². The van der Waals surface area contributed by atoms with E-state index in [0.717, 1.165) is 6.42 Å². The zero-order valence-electron chi connectivity index (χ0n) is 16.0. The smallest absolute Gasteiger partial charge is 0.255 e. The van der Waals surface area contributed by atoms with Crippen LogP contribution in [0.3, 0.4) is 0 Å². The fourth-order valence-corrected chi connectivity index (χ4v) is 2.55. The molecular weight excluding hydrogens is 362 g/mol. The highest BCUT2D eigenvalue weighted by molar-refractivity contribution is 6.08. The van der Waals surface area contributed by atoms with Crippen LogP contribution in [0.15, 0.2) is 54.6 Å². The Bertz CT molecular complexity index is 750. The molecule has 3 N–H and O–H groups in total. The van der Waals surface area contributed by atoms with Crippen molar-refractivity contribution in [1.29, 1.82) is 0 Å². The predicted molar refractivity (Wildman–Crippen MR) is 112 cm³/mol. The van der Waals surface area contributed by atoms with E-state index >= 15 is 0 Å². The van der Waals surface area contributed by atoms with E-state index < -0.39 is 0 Å². The Labute approximate surface area is 167 Å². The van der Waals surface area contributed by atoms with E-state index in [1.54, 1.807) is 60.5 Å². The number of benzene rings is 2. The summed E-state index contributed by atoms with van der Waals surface area (Å²) < 4.78 is 0. The minimum absolute atomic E-state index is 0. The summed E-state index contributed by atoms with van der Waals surface area (Å²) in [6.45, 7) is 4.71. The summed E-state index contributed by atoms with van der Waals surface area (Å²) in [5.74, 6) is -0.00352. The fraction of sp³-hybridized carbons (Fsp3) is 0.333. The summed E-state index contributed by atoms with van der Waals surface area (Å²) in [5.41, 5.74) is 7.59. The summed E-state index contributed by atoms with van der Waals surface area (Å²) in [7, 11) is 1.76. The Hall–Kier alpha value is -2.37. The molecule has 0 aliphatic heterocycles. The molecule has 0 heterocycles. The molecule has 1 atom stereocenters. The molecule has 6 heteroatoms. The number of carbonyl (C=O) groups is 2. The lowest BCUT2D eigenvalue weighted by Gasteiger charge is -2.22. The molecule has 0 saturated carbocycles. The number of anilines is 1. The summed E-state index contributed by atoms with van der Waals surface area (Å²) in [6, 6.07) is 16.0. The second-order valence-corrected chi connectivity index (χ2v) is 6.79. The molecule has 0 bridgehead atoms. The number of nitrogens with two attached hydrogens (primary N) is 1. The zero-order chi connectivity index (χ0) is 19.1. The molecule has 27 heavy (non-hydrogen) atoms. The van der Waals surface area contributed by atoms with Crippen molar-refractivity contribution in [3.8, 4) is 0 Å². The predicted octanol–water partition coefficient (Wildman–Crippen LogP) is 3.81. The van der Waals surface area contributed by atoms with Gasteiger partial charge in [-0.25, -0.2) is 0 Å². The highest BCUT2D eigenvalue weighted by Gasteiger charge is 2.18. The van der Waals surface area contributed by atoms with Crippen molar-refractivity contribution in [2.75, 3.05) is 18.9 Å². The van der Waals surface area contributed by atoms with Gasteiger partial charge in [0.25, 0.3) is 11.8 Å². The molecule has 0 saturated heterocycles. The average molecular weight is 390 g/mol. The Balaban J connectivity index is 0.00000364. The SMILES string of the molecule is CC(C)C(N)CCN(C)C(=O)c1ccccc1NC(=O)c1ccccc1.Cl. The molecule has 0 aliphatic carbocycles. The normalized spacial score (nSPS) is 11.4. The summed E-state index contributed by atoms with van der Waals surface area (Å²) >= 11 is 0. The van der Waals surface area contributed by atoms with Gasteiger partial charge >= 0.3 is 0 Å². The summed E-state index contributed by atoms with van der Waals surface area (Å²) in [5, 5.41) is 2.83. The number of rotatable bonds is 7. The number of nitrogens with zero attached hydrogens (tertiary/aromatic N) is 1. The molecular formula is C21H28ClN3O2. The van der Waals surface area contributed by atoms with Crippen LogP contribution in [0.5, 0.6) is 0 Å². The lowest BCUT2D eigenvalue weighted by molar-refractivity contribution is 0.0790. The van der Waals surface area contributed by atoms with Crippen LogP contribution >= 0.6 is 12.4 Å². The molecule has 2 rings (SSSR count). The van der Waals surface area contributed by atoms with Crippen molar-refractivity contribution in [2.24, 2.45) is 11.7 Å². The first-order valence-electron chi connectivity index (χ1n) is 8.86. The van der Waals surface area contributed by atoms with Gasteiger partial charge in [-0.3, -0.25) is 9.59 Å². The van der Waals surface area contributed by atoms with E-state index in [4.69, 9.17) is 5.73 Å². The second-order valence-electron chi connectivity index (χ2n) is 6.79. The van der Waals surface area contributed by atoms with E-state index in [9.17, 15) is 9.59 Å². The third-order valence-electron chi connectivity index (χ3n) is 4.44. The molecule has 2 amide bonds. The first kappa shape index (κ1) is 22.7.